The molecule has 5 nitrogen and oxygen atoms in total. The van der Waals surface area contributed by atoms with Crippen LogP contribution in [0.4, 0.5) is 10.2 Å². The van der Waals surface area contributed by atoms with Crippen LogP contribution >= 0.6 is 0 Å². The molecule has 6 heteroatoms. The molecule has 0 atom stereocenters. The van der Waals surface area contributed by atoms with Crippen molar-refractivity contribution < 1.29 is 18.7 Å². The van der Waals surface area contributed by atoms with E-state index < -0.39 is 12.1 Å². The van der Waals surface area contributed by atoms with E-state index in [1.54, 1.807) is 4.90 Å². The fourth-order valence-corrected chi connectivity index (χ4v) is 1.85. The molecule has 0 aromatic carbocycles. The second-order valence-corrected chi connectivity index (χ2v) is 4.18. The minimum atomic E-state index is -0.605. The number of Topliss-reactive ketones (excluding diaryl/α,β-unsaturated/α-hetero) is 1. The molecule has 1 aliphatic rings. The van der Waals surface area contributed by atoms with Gasteiger partial charge in [0.25, 0.3) is 0 Å². The topological polar surface area (TPSA) is 51.7 Å². The molecule has 1 aromatic rings. The number of ketones is 1. The van der Waals surface area contributed by atoms with E-state index in [0.717, 1.165) is 0 Å². The third kappa shape index (κ3) is 3.08. The first-order chi connectivity index (χ1) is 9.15. The minimum absolute atomic E-state index is 0.0813. The van der Waals surface area contributed by atoms with Crippen molar-refractivity contribution in [1.29, 1.82) is 0 Å². The van der Waals surface area contributed by atoms with Crippen LogP contribution in [0.5, 0.6) is 0 Å². The van der Waals surface area contributed by atoms with Gasteiger partial charge in [0.15, 0.2) is 17.4 Å². The Morgan fingerprint density at radius 2 is 1.95 bits per heavy atom. The number of carbonyl (C=O) groups is 1. The molecular weight excluding hydrogens is 251 g/mol. The number of ether oxygens (including phenoxy) is 2. The summed E-state index contributed by atoms with van der Waals surface area (Å²) in [6.07, 6.45) is -0.605. The Hall–Kier alpha value is -1.53. The number of rotatable bonds is 6. The molecule has 0 radical (unpaired) electrons. The molecule has 1 aromatic heterocycles. The third-order valence-electron chi connectivity index (χ3n) is 2.76. The van der Waals surface area contributed by atoms with Gasteiger partial charge in [-0.25, -0.2) is 9.37 Å². The lowest BCUT2D eigenvalue weighted by Crippen LogP contribution is -2.48. The van der Waals surface area contributed by atoms with E-state index in [1.165, 1.54) is 12.1 Å². The van der Waals surface area contributed by atoms with Crippen LogP contribution in [-0.4, -0.2) is 37.1 Å². The predicted molar refractivity (Wildman–Crippen MR) is 67.4 cm³/mol. The van der Waals surface area contributed by atoms with Crippen LogP contribution in [0.25, 0.3) is 0 Å². The van der Waals surface area contributed by atoms with Crippen molar-refractivity contribution in [2.75, 3.05) is 31.2 Å². The second kappa shape index (κ2) is 6.08. The summed E-state index contributed by atoms with van der Waals surface area (Å²) in [4.78, 5) is 16.8. The van der Waals surface area contributed by atoms with E-state index in [9.17, 15) is 9.18 Å². The molecule has 0 bridgehead atoms. The van der Waals surface area contributed by atoms with Gasteiger partial charge in [-0.05, 0) is 26.0 Å². The molecule has 1 aliphatic heterocycles. The molecule has 0 unspecified atom stereocenters. The molecule has 1 fully saturated rings. The third-order valence-corrected chi connectivity index (χ3v) is 2.76. The second-order valence-electron chi connectivity index (χ2n) is 4.18. The van der Waals surface area contributed by atoms with E-state index in [2.05, 4.69) is 4.98 Å². The standard InChI is InChI=1S/C13H17FN2O3/c1-3-18-13(19-4-2)11-6-5-10(14)12(15-11)16-7-9(17)8-16/h5-6,13H,3-4,7-8H2,1-2H3. The first-order valence-corrected chi connectivity index (χ1v) is 6.32. The van der Waals surface area contributed by atoms with Crippen molar-refractivity contribution in [3.63, 3.8) is 0 Å². The number of pyridine rings is 1. The molecule has 0 spiro atoms. The van der Waals surface area contributed by atoms with Gasteiger partial charge in [-0.1, -0.05) is 0 Å². The Bertz CT molecular complexity index is 453. The Kier molecular flexibility index (Phi) is 4.44. The number of halogens is 1. The molecule has 19 heavy (non-hydrogen) atoms. The molecule has 2 heterocycles. The van der Waals surface area contributed by atoms with E-state index in [0.29, 0.717) is 18.9 Å². The molecule has 0 N–H and O–H groups in total. The summed E-state index contributed by atoms with van der Waals surface area (Å²) in [5.74, 6) is -0.178. The highest BCUT2D eigenvalue weighted by atomic mass is 19.1. The fraction of sp³-hybridized carbons (Fsp3) is 0.538. The Labute approximate surface area is 111 Å². The summed E-state index contributed by atoms with van der Waals surface area (Å²) in [6.45, 7) is 5.07. The van der Waals surface area contributed by atoms with E-state index in [-0.39, 0.29) is 24.7 Å². The van der Waals surface area contributed by atoms with Gasteiger partial charge >= 0.3 is 0 Å². The van der Waals surface area contributed by atoms with Crippen molar-refractivity contribution in [3.05, 3.63) is 23.6 Å². The van der Waals surface area contributed by atoms with Gasteiger partial charge in [0.2, 0.25) is 6.29 Å². The van der Waals surface area contributed by atoms with Gasteiger partial charge in [0.05, 0.1) is 18.8 Å². The average molecular weight is 268 g/mol. The molecule has 0 amide bonds. The van der Waals surface area contributed by atoms with Crippen molar-refractivity contribution in [3.8, 4) is 0 Å². The SMILES string of the molecule is CCOC(OCC)c1ccc(F)c(N2CC(=O)C2)n1. The van der Waals surface area contributed by atoms with E-state index >= 15 is 0 Å². The Morgan fingerprint density at radius 1 is 1.32 bits per heavy atom. The highest BCUT2D eigenvalue weighted by Gasteiger charge is 2.28. The fourth-order valence-electron chi connectivity index (χ4n) is 1.85. The van der Waals surface area contributed by atoms with E-state index in [4.69, 9.17) is 9.47 Å². The van der Waals surface area contributed by atoms with Crippen LogP contribution in [0.2, 0.25) is 0 Å². The average Bonchev–Trinajstić information content (AvgIpc) is 2.36. The largest absolute Gasteiger partial charge is 0.347 e. The first-order valence-electron chi connectivity index (χ1n) is 6.32. The predicted octanol–water partition coefficient (Wildman–Crippen LogP) is 1.68. The minimum Gasteiger partial charge on any atom is -0.347 e. The summed E-state index contributed by atoms with van der Waals surface area (Å²) < 4.78 is 24.6. The van der Waals surface area contributed by atoms with Crippen LogP contribution in [-0.2, 0) is 14.3 Å². The summed E-state index contributed by atoms with van der Waals surface area (Å²) in [7, 11) is 0. The van der Waals surface area contributed by atoms with Gasteiger partial charge in [-0.15, -0.1) is 0 Å². The number of carbonyl (C=O) groups excluding carboxylic acids is 1. The maximum Gasteiger partial charge on any atom is 0.201 e. The zero-order valence-corrected chi connectivity index (χ0v) is 11.1. The van der Waals surface area contributed by atoms with Crippen LogP contribution in [0.15, 0.2) is 12.1 Å². The van der Waals surface area contributed by atoms with Crippen molar-refractivity contribution in [2.45, 2.75) is 20.1 Å². The lowest BCUT2D eigenvalue weighted by molar-refractivity contribution is -0.142. The normalized spacial score (nSPS) is 14.9. The smallest absolute Gasteiger partial charge is 0.201 e. The Morgan fingerprint density at radius 3 is 2.47 bits per heavy atom. The summed E-state index contributed by atoms with van der Waals surface area (Å²) in [5.41, 5.74) is 0.513. The van der Waals surface area contributed by atoms with Crippen molar-refractivity contribution >= 4 is 11.6 Å². The summed E-state index contributed by atoms with van der Waals surface area (Å²) in [6, 6.07) is 2.86. The van der Waals surface area contributed by atoms with Crippen LogP contribution in [0, 0.1) is 5.82 Å². The maximum atomic E-state index is 13.7. The number of nitrogens with zero attached hydrogens (tertiary/aromatic N) is 2. The zero-order valence-electron chi connectivity index (χ0n) is 11.1. The van der Waals surface area contributed by atoms with Crippen molar-refractivity contribution in [2.24, 2.45) is 0 Å². The summed E-state index contributed by atoms with van der Waals surface area (Å²) >= 11 is 0. The molecule has 0 aliphatic carbocycles. The molecule has 2 rings (SSSR count). The number of aromatic nitrogens is 1. The maximum absolute atomic E-state index is 13.7. The Balaban J connectivity index is 2.21. The van der Waals surface area contributed by atoms with Gasteiger partial charge in [-0.2, -0.15) is 0 Å². The van der Waals surface area contributed by atoms with Crippen LogP contribution in [0.3, 0.4) is 0 Å². The van der Waals surface area contributed by atoms with E-state index in [1.807, 2.05) is 13.8 Å². The molecule has 1 saturated heterocycles. The quantitative estimate of drug-likeness (QED) is 0.735. The number of hydrogen-bond donors (Lipinski definition) is 0. The van der Waals surface area contributed by atoms with Crippen molar-refractivity contribution in [1.82, 2.24) is 4.98 Å². The lowest BCUT2D eigenvalue weighted by Gasteiger charge is -2.31. The van der Waals surface area contributed by atoms with Gasteiger partial charge < -0.3 is 14.4 Å². The molecular formula is C13H17FN2O3. The van der Waals surface area contributed by atoms with Gasteiger partial charge in [0.1, 0.15) is 0 Å². The zero-order chi connectivity index (χ0) is 13.8. The van der Waals surface area contributed by atoms with Gasteiger partial charge in [0, 0.05) is 13.2 Å². The highest BCUT2D eigenvalue weighted by molar-refractivity contribution is 5.94. The molecule has 104 valence electrons. The highest BCUT2D eigenvalue weighted by Crippen LogP contribution is 2.25. The number of hydrogen-bond acceptors (Lipinski definition) is 5. The number of anilines is 1. The lowest BCUT2D eigenvalue weighted by atomic mass is 10.2. The van der Waals surface area contributed by atoms with Crippen LogP contribution in [0.1, 0.15) is 25.8 Å². The monoisotopic (exact) mass is 268 g/mol. The molecule has 0 saturated carbocycles. The van der Waals surface area contributed by atoms with Gasteiger partial charge in [-0.3, -0.25) is 4.79 Å². The van der Waals surface area contributed by atoms with Crippen LogP contribution < -0.4 is 4.90 Å². The first kappa shape index (κ1) is 13.9. The summed E-state index contributed by atoms with van der Waals surface area (Å²) in [5, 5.41) is 0.